The molecule has 1 saturated heterocycles. The molecule has 150 valence electrons. The highest BCUT2D eigenvalue weighted by Crippen LogP contribution is 2.23. The topological polar surface area (TPSA) is 93.9 Å². The van der Waals surface area contributed by atoms with Crippen LogP contribution >= 0.6 is 0 Å². The number of nitrogens with zero attached hydrogens (tertiary/aromatic N) is 4. The van der Waals surface area contributed by atoms with Gasteiger partial charge in [-0.25, -0.2) is 9.97 Å². The number of benzene rings is 2. The molecule has 0 saturated carbocycles. The Kier molecular flexibility index (Phi) is 5.57. The molecule has 3 aromatic rings. The Labute approximate surface area is 175 Å². The first-order valence-electron chi connectivity index (χ1n) is 9.90. The molecular formula is C23H22N6O. The molecule has 1 aliphatic heterocycles. The van der Waals surface area contributed by atoms with Crippen LogP contribution in [0.3, 0.4) is 0 Å². The fourth-order valence-electron chi connectivity index (χ4n) is 3.42. The fourth-order valence-corrected chi connectivity index (χ4v) is 3.42. The van der Waals surface area contributed by atoms with Crippen LogP contribution in [0.2, 0.25) is 0 Å². The summed E-state index contributed by atoms with van der Waals surface area (Å²) in [6, 6.07) is 18.5. The third-order valence-electron chi connectivity index (χ3n) is 4.95. The van der Waals surface area contributed by atoms with Crippen LogP contribution < -0.4 is 15.5 Å². The number of aromatic nitrogens is 2. The highest BCUT2D eigenvalue weighted by molar-refractivity contribution is 6.03. The van der Waals surface area contributed by atoms with Crippen LogP contribution in [0.15, 0.2) is 54.6 Å². The molecule has 2 aromatic carbocycles. The number of aryl methyl sites for hydroxylation is 1. The van der Waals surface area contributed by atoms with Gasteiger partial charge in [0.1, 0.15) is 5.69 Å². The van der Waals surface area contributed by atoms with E-state index in [4.69, 9.17) is 5.26 Å². The van der Waals surface area contributed by atoms with Gasteiger partial charge in [0.25, 0.3) is 5.91 Å². The summed E-state index contributed by atoms with van der Waals surface area (Å²) >= 11 is 0. The van der Waals surface area contributed by atoms with Crippen molar-refractivity contribution in [3.05, 3.63) is 71.5 Å². The molecule has 1 aromatic heterocycles. The lowest BCUT2D eigenvalue weighted by Gasteiger charge is -2.17. The van der Waals surface area contributed by atoms with Crippen molar-refractivity contribution in [1.29, 1.82) is 5.26 Å². The largest absolute Gasteiger partial charge is 0.372 e. The molecular weight excluding hydrogens is 376 g/mol. The van der Waals surface area contributed by atoms with Crippen LogP contribution in [0.5, 0.6) is 0 Å². The van der Waals surface area contributed by atoms with E-state index in [0.29, 0.717) is 22.9 Å². The van der Waals surface area contributed by atoms with Gasteiger partial charge in [-0.3, -0.25) is 4.79 Å². The third-order valence-corrected chi connectivity index (χ3v) is 4.95. The molecule has 7 nitrogen and oxygen atoms in total. The molecule has 0 unspecified atom stereocenters. The van der Waals surface area contributed by atoms with Crippen molar-refractivity contribution >= 4 is 28.9 Å². The average molecular weight is 398 g/mol. The summed E-state index contributed by atoms with van der Waals surface area (Å²) in [5.74, 6) is 0.0338. The van der Waals surface area contributed by atoms with Gasteiger partial charge in [-0.1, -0.05) is 0 Å². The van der Waals surface area contributed by atoms with Gasteiger partial charge in [-0.15, -0.1) is 0 Å². The van der Waals surface area contributed by atoms with Crippen molar-refractivity contribution < 1.29 is 4.79 Å². The van der Waals surface area contributed by atoms with Gasteiger partial charge in [0, 0.05) is 35.8 Å². The van der Waals surface area contributed by atoms with Gasteiger partial charge in [-0.2, -0.15) is 5.26 Å². The van der Waals surface area contributed by atoms with Crippen LogP contribution in [0.4, 0.5) is 23.0 Å². The van der Waals surface area contributed by atoms with E-state index in [2.05, 4.69) is 43.7 Å². The number of rotatable bonds is 5. The van der Waals surface area contributed by atoms with Gasteiger partial charge >= 0.3 is 0 Å². The quantitative estimate of drug-likeness (QED) is 0.667. The second-order valence-corrected chi connectivity index (χ2v) is 7.23. The van der Waals surface area contributed by atoms with E-state index in [0.717, 1.165) is 18.8 Å². The third kappa shape index (κ3) is 4.55. The maximum Gasteiger partial charge on any atom is 0.274 e. The Morgan fingerprint density at radius 1 is 1.00 bits per heavy atom. The van der Waals surface area contributed by atoms with Crippen LogP contribution in [0.25, 0.3) is 0 Å². The van der Waals surface area contributed by atoms with Crippen LogP contribution in [0, 0.1) is 18.3 Å². The van der Waals surface area contributed by atoms with Crippen LogP contribution in [0.1, 0.15) is 34.6 Å². The molecule has 1 fully saturated rings. The molecule has 0 radical (unpaired) electrons. The Bertz CT molecular complexity index is 1080. The number of carbonyl (C=O) groups excluding carboxylic acids is 1. The van der Waals surface area contributed by atoms with Crippen molar-refractivity contribution in [1.82, 2.24) is 9.97 Å². The summed E-state index contributed by atoms with van der Waals surface area (Å²) in [7, 11) is 0. The number of carbonyl (C=O) groups is 1. The first-order valence-corrected chi connectivity index (χ1v) is 9.90. The van der Waals surface area contributed by atoms with E-state index in [1.54, 1.807) is 30.3 Å². The Morgan fingerprint density at radius 2 is 1.67 bits per heavy atom. The summed E-state index contributed by atoms with van der Waals surface area (Å²) in [5, 5.41) is 14.9. The van der Waals surface area contributed by atoms with Crippen LogP contribution in [-0.2, 0) is 0 Å². The summed E-state index contributed by atoms with van der Waals surface area (Å²) in [6.07, 6.45) is 2.48. The molecule has 0 bridgehead atoms. The minimum atomic E-state index is -0.336. The summed E-state index contributed by atoms with van der Waals surface area (Å²) in [5.41, 5.74) is 4.16. The van der Waals surface area contributed by atoms with Crippen molar-refractivity contribution in [2.45, 2.75) is 19.8 Å². The molecule has 0 spiro atoms. The average Bonchev–Trinajstić information content (AvgIpc) is 3.29. The minimum absolute atomic E-state index is 0.267. The van der Waals surface area contributed by atoms with Gasteiger partial charge in [0.05, 0.1) is 11.6 Å². The lowest BCUT2D eigenvalue weighted by molar-refractivity contribution is 0.102. The van der Waals surface area contributed by atoms with Crippen molar-refractivity contribution in [3.8, 4) is 6.07 Å². The van der Waals surface area contributed by atoms with Gasteiger partial charge in [-0.05, 0) is 74.4 Å². The number of hydrogen-bond acceptors (Lipinski definition) is 6. The Balaban J connectivity index is 1.47. The van der Waals surface area contributed by atoms with Gasteiger partial charge in [0.2, 0.25) is 5.95 Å². The Morgan fingerprint density at radius 3 is 2.33 bits per heavy atom. The lowest BCUT2D eigenvalue weighted by Crippen LogP contribution is -2.17. The fraction of sp³-hybridized carbons (Fsp3) is 0.217. The first kappa shape index (κ1) is 19.4. The molecule has 30 heavy (non-hydrogen) atoms. The molecule has 1 aliphatic rings. The predicted octanol–water partition coefficient (Wildman–Crippen LogP) is 4.25. The predicted molar refractivity (Wildman–Crippen MR) is 117 cm³/mol. The zero-order valence-electron chi connectivity index (χ0n) is 16.7. The van der Waals surface area contributed by atoms with Gasteiger partial charge in [0.15, 0.2) is 0 Å². The molecule has 7 heteroatoms. The maximum absolute atomic E-state index is 12.6. The number of amides is 1. The highest BCUT2D eigenvalue weighted by Gasteiger charge is 2.13. The van der Waals surface area contributed by atoms with E-state index < -0.39 is 0 Å². The Hall–Kier alpha value is -3.92. The van der Waals surface area contributed by atoms with E-state index in [9.17, 15) is 4.79 Å². The molecule has 0 aliphatic carbocycles. The van der Waals surface area contributed by atoms with E-state index in [-0.39, 0.29) is 11.6 Å². The molecule has 0 atom stereocenters. The standard InChI is InChI=1S/C23H22N6O/c1-16-14-21(22(30)26-18-6-4-17(15-24)5-7-18)28-23(25-16)27-19-8-10-20(11-9-19)29-12-2-3-13-29/h4-11,14H,2-3,12-13H2,1H3,(H,26,30)(H,25,27,28). The smallest absolute Gasteiger partial charge is 0.274 e. The molecule has 2 heterocycles. The van der Waals surface area contributed by atoms with E-state index in [1.165, 1.54) is 18.5 Å². The molecule has 2 N–H and O–H groups in total. The van der Waals surface area contributed by atoms with E-state index >= 15 is 0 Å². The van der Waals surface area contributed by atoms with Crippen molar-refractivity contribution in [2.24, 2.45) is 0 Å². The number of nitriles is 1. The maximum atomic E-state index is 12.6. The zero-order valence-corrected chi connectivity index (χ0v) is 16.7. The zero-order chi connectivity index (χ0) is 20.9. The second kappa shape index (κ2) is 8.62. The summed E-state index contributed by atoms with van der Waals surface area (Å²) < 4.78 is 0. The molecule has 4 rings (SSSR count). The number of anilines is 4. The highest BCUT2D eigenvalue weighted by atomic mass is 16.1. The lowest BCUT2D eigenvalue weighted by atomic mass is 10.2. The first-order chi connectivity index (χ1) is 14.6. The van der Waals surface area contributed by atoms with Crippen molar-refractivity contribution in [2.75, 3.05) is 28.6 Å². The molecule has 1 amide bonds. The minimum Gasteiger partial charge on any atom is -0.372 e. The SMILES string of the molecule is Cc1cc(C(=O)Nc2ccc(C#N)cc2)nc(Nc2ccc(N3CCCC3)cc2)n1. The monoisotopic (exact) mass is 398 g/mol. The second-order valence-electron chi connectivity index (χ2n) is 7.23. The van der Waals surface area contributed by atoms with E-state index in [1.807, 2.05) is 19.1 Å². The normalized spacial score (nSPS) is 13.0. The number of nitrogens with one attached hydrogen (secondary N) is 2. The van der Waals surface area contributed by atoms with Crippen LogP contribution in [-0.4, -0.2) is 29.0 Å². The van der Waals surface area contributed by atoms with Crippen molar-refractivity contribution in [3.63, 3.8) is 0 Å². The number of hydrogen-bond donors (Lipinski definition) is 2. The van der Waals surface area contributed by atoms with Gasteiger partial charge < -0.3 is 15.5 Å². The summed E-state index contributed by atoms with van der Waals surface area (Å²) in [4.78, 5) is 23.7. The summed E-state index contributed by atoms with van der Waals surface area (Å²) in [6.45, 7) is 4.03.